The minimum absolute atomic E-state index is 0.567. The summed E-state index contributed by atoms with van der Waals surface area (Å²) < 4.78 is 7.33. The van der Waals surface area contributed by atoms with Crippen molar-refractivity contribution in [1.29, 1.82) is 0 Å². The molecule has 0 radical (unpaired) electrons. The number of anilines is 1. The normalized spacial score (nSPS) is 12.7. The number of nitrogen functional groups attached to an aromatic ring is 1. The van der Waals surface area contributed by atoms with E-state index >= 15 is 0 Å². The Kier molecular flexibility index (Phi) is 5.15. The summed E-state index contributed by atoms with van der Waals surface area (Å²) in [5.41, 5.74) is 6.38. The first-order valence-corrected chi connectivity index (χ1v) is 6.09. The fraction of sp³-hybridized carbons (Fsp3) is 0.750. The summed E-state index contributed by atoms with van der Waals surface area (Å²) in [7, 11) is 1.84. The molecule has 4 heteroatoms. The summed E-state index contributed by atoms with van der Waals surface area (Å²) in [6.07, 6.45) is 6.64. The average Bonchev–Trinajstić information content (AvgIpc) is 2.58. The maximum atomic E-state index is 5.76. The van der Waals surface area contributed by atoms with Gasteiger partial charge in [-0.1, -0.05) is 33.1 Å². The SMILES string of the molecule is CCCCC(CC)COc1nn(C)cc1N. The molecule has 0 amide bonds. The molecule has 1 aromatic rings. The van der Waals surface area contributed by atoms with Crippen molar-refractivity contribution in [2.45, 2.75) is 39.5 Å². The van der Waals surface area contributed by atoms with Crippen molar-refractivity contribution in [2.75, 3.05) is 12.3 Å². The zero-order chi connectivity index (χ0) is 12.0. The molecule has 1 atom stereocenters. The Morgan fingerprint density at radius 2 is 2.25 bits per heavy atom. The second-order valence-corrected chi connectivity index (χ2v) is 4.29. The molecule has 1 rings (SSSR count). The van der Waals surface area contributed by atoms with E-state index in [1.54, 1.807) is 10.9 Å². The van der Waals surface area contributed by atoms with E-state index in [1.165, 1.54) is 19.3 Å². The Morgan fingerprint density at radius 3 is 2.75 bits per heavy atom. The smallest absolute Gasteiger partial charge is 0.256 e. The third-order valence-corrected chi connectivity index (χ3v) is 2.82. The monoisotopic (exact) mass is 225 g/mol. The molecule has 0 aromatic carbocycles. The quantitative estimate of drug-likeness (QED) is 0.776. The van der Waals surface area contributed by atoms with Gasteiger partial charge in [-0.3, -0.25) is 4.68 Å². The second kappa shape index (κ2) is 6.40. The van der Waals surface area contributed by atoms with E-state index in [2.05, 4.69) is 18.9 Å². The summed E-state index contributed by atoms with van der Waals surface area (Å²) in [4.78, 5) is 0. The minimum Gasteiger partial charge on any atom is -0.475 e. The summed E-state index contributed by atoms with van der Waals surface area (Å²) in [5, 5.41) is 4.17. The Balaban J connectivity index is 2.39. The van der Waals surface area contributed by atoms with E-state index in [1.807, 2.05) is 7.05 Å². The van der Waals surface area contributed by atoms with Crippen molar-refractivity contribution < 1.29 is 4.74 Å². The second-order valence-electron chi connectivity index (χ2n) is 4.29. The predicted octanol–water partition coefficient (Wildman–Crippen LogP) is 2.60. The van der Waals surface area contributed by atoms with Gasteiger partial charge in [0.1, 0.15) is 5.69 Å². The van der Waals surface area contributed by atoms with Gasteiger partial charge >= 0.3 is 0 Å². The van der Waals surface area contributed by atoms with Crippen LogP contribution in [0.4, 0.5) is 5.69 Å². The number of nitrogens with zero attached hydrogens (tertiary/aromatic N) is 2. The Hall–Kier alpha value is -1.19. The third kappa shape index (κ3) is 3.76. The van der Waals surface area contributed by atoms with E-state index in [9.17, 15) is 0 Å². The van der Waals surface area contributed by atoms with E-state index < -0.39 is 0 Å². The van der Waals surface area contributed by atoms with Crippen LogP contribution >= 0.6 is 0 Å². The molecular weight excluding hydrogens is 202 g/mol. The van der Waals surface area contributed by atoms with Gasteiger partial charge < -0.3 is 10.5 Å². The van der Waals surface area contributed by atoms with Crippen LogP contribution in [0.2, 0.25) is 0 Å². The number of aryl methyl sites for hydroxylation is 1. The standard InChI is InChI=1S/C12H23N3O/c1-4-6-7-10(5-2)9-16-12-11(13)8-15(3)14-12/h8,10H,4-7,9,13H2,1-3H3. The predicted molar refractivity (Wildman–Crippen MR) is 66.4 cm³/mol. The number of rotatable bonds is 7. The molecule has 92 valence electrons. The van der Waals surface area contributed by atoms with Crippen LogP contribution < -0.4 is 10.5 Å². The highest BCUT2D eigenvalue weighted by atomic mass is 16.5. The molecule has 1 heterocycles. The molecular formula is C12H23N3O. The van der Waals surface area contributed by atoms with Crippen LogP contribution in [-0.2, 0) is 7.05 Å². The topological polar surface area (TPSA) is 53.1 Å². The van der Waals surface area contributed by atoms with E-state index in [0.29, 0.717) is 17.5 Å². The lowest BCUT2D eigenvalue weighted by Gasteiger charge is -2.14. The first kappa shape index (κ1) is 12.9. The highest BCUT2D eigenvalue weighted by molar-refractivity contribution is 5.45. The van der Waals surface area contributed by atoms with Crippen LogP contribution in [0.5, 0.6) is 5.88 Å². The highest BCUT2D eigenvalue weighted by Crippen LogP contribution is 2.20. The van der Waals surface area contributed by atoms with E-state index in [0.717, 1.165) is 13.0 Å². The van der Waals surface area contributed by atoms with Crippen LogP contribution in [0.3, 0.4) is 0 Å². The number of nitrogens with two attached hydrogens (primary N) is 1. The van der Waals surface area contributed by atoms with Gasteiger partial charge in [-0.2, -0.15) is 0 Å². The fourth-order valence-corrected chi connectivity index (χ4v) is 1.69. The van der Waals surface area contributed by atoms with Gasteiger partial charge in [0.15, 0.2) is 0 Å². The zero-order valence-corrected chi connectivity index (χ0v) is 10.6. The molecule has 0 aliphatic rings. The van der Waals surface area contributed by atoms with Crippen LogP contribution in [-0.4, -0.2) is 16.4 Å². The fourth-order valence-electron chi connectivity index (χ4n) is 1.69. The lowest BCUT2D eigenvalue weighted by Crippen LogP contribution is -2.12. The van der Waals surface area contributed by atoms with Gasteiger partial charge in [0.05, 0.1) is 12.8 Å². The molecule has 0 bridgehead atoms. The van der Waals surface area contributed by atoms with Gasteiger partial charge in [0.2, 0.25) is 0 Å². The van der Waals surface area contributed by atoms with Crippen molar-refractivity contribution in [3.05, 3.63) is 6.20 Å². The van der Waals surface area contributed by atoms with Gasteiger partial charge in [0, 0.05) is 7.05 Å². The van der Waals surface area contributed by atoms with Crippen LogP contribution in [0.1, 0.15) is 39.5 Å². The number of aromatic nitrogens is 2. The molecule has 1 aromatic heterocycles. The summed E-state index contributed by atoms with van der Waals surface area (Å²) in [5.74, 6) is 1.18. The first-order valence-electron chi connectivity index (χ1n) is 6.09. The summed E-state index contributed by atoms with van der Waals surface area (Å²) >= 11 is 0. The lowest BCUT2D eigenvalue weighted by molar-refractivity contribution is 0.225. The molecule has 4 nitrogen and oxygen atoms in total. The van der Waals surface area contributed by atoms with Gasteiger partial charge in [-0.05, 0) is 12.3 Å². The molecule has 1 unspecified atom stereocenters. The molecule has 0 spiro atoms. The maximum absolute atomic E-state index is 5.76. The summed E-state index contributed by atoms with van der Waals surface area (Å²) in [6, 6.07) is 0. The Bertz CT molecular complexity index is 309. The Labute approximate surface area is 97.8 Å². The molecule has 0 aliphatic carbocycles. The number of hydrogen-bond donors (Lipinski definition) is 1. The van der Waals surface area contributed by atoms with Crippen molar-refractivity contribution >= 4 is 5.69 Å². The molecule has 0 fully saturated rings. The van der Waals surface area contributed by atoms with Crippen LogP contribution in [0.15, 0.2) is 6.20 Å². The molecule has 0 aliphatic heterocycles. The first-order chi connectivity index (χ1) is 7.67. The molecule has 2 N–H and O–H groups in total. The molecule has 0 saturated heterocycles. The number of hydrogen-bond acceptors (Lipinski definition) is 3. The van der Waals surface area contributed by atoms with Gasteiger partial charge in [0.25, 0.3) is 5.88 Å². The van der Waals surface area contributed by atoms with Crippen molar-refractivity contribution in [2.24, 2.45) is 13.0 Å². The zero-order valence-electron chi connectivity index (χ0n) is 10.6. The third-order valence-electron chi connectivity index (χ3n) is 2.82. The lowest BCUT2D eigenvalue weighted by atomic mass is 10.0. The molecule has 16 heavy (non-hydrogen) atoms. The van der Waals surface area contributed by atoms with Crippen LogP contribution in [0, 0.1) is 5.92 Å². The van der Waals surface area contributed by atoms with Crippen molar-refractivity contribution in [1.82, 2.24) is 9.78 Å². The largest absolute Gasteiger partial charge is 0.475 e. The Morgan fingerprint density at radius 1 is 1.50 bits per heavy atom. The van der Waals surface area contributed by atoms with E-state index in [-0.39, 0.29) is 0 Å². The van der Waals surface area contributed by atoms with E-state index in [4.69, 9.17) is 10.5 Å². The van der Waals surface area contributed by atoms with Crippen molar-refractivity contribution in [3.63, 3.8) is 0 Å². The van der Waals surface area contributed by atoms with Crippen LogP contribution in [0.25, 0.3) is 0 Å². The average molecular weight is 225 g/mol. The number of ether oxygens (including phenoxy) is 1. The maximum Gasteiger partial charge on any atom is 0.256 e. The minimum atomic E-state index is 0.567. The summed E-state index contributed by atoms with van der Waals surface area (Å²) in [6.45, 7) is 5.13. The highest BCUT2D eigenvalue weighted by Gasteiger charge is 2.10. The molecule has 0 saturated carbocycles. The van der Waals surface area contributed by atoms with Gasteiger partial charge in [-0.25, -0.2) is 0 Å². The van der Waals surface area contributed by atoms with Gasteiger partial charge in [-0.15, -0.1) is 5.10 Å². The number of unbranched alkanes of at least 4 members (excludes halogenated alkanes) is 1. The van der Waals surface area contributed by atoms with Crippen molar-refractivity contribution in [3.8, 4) is 5.88 Å².